The third-order valence-corrected chi connectivity index (χ3v) is 5.32. The van der Waals surface area contributed by atoms with E-state index in [1.807, 2.05) is 19.9 Å². The van der Waals surface area contributed by atoms with Crippen LogP contribution >= 0.6 is 23.2 Å². The second-order valence-corrected chi connectivity index (χ2v) is 7.40. The highest BCUT2D eigenvalue weighted by molar-refractivity contribution is 6.39. The number of carbonyl (C=O) groups excluding carboxylic acids is 2. The van der Waals surface area contributed by atoms with Crippen molar-refractivity contribution < 1.29 is 9.59 Å². The SMILES string of the molecule is CCN(CC)CCN(CC(=O)Nc1c(Cl)cccc1Cl)C(=O)c1ccc(C#N)cc1. The van der Waals surface area contributed by atoms with Gasteiger partial charge in [-0.1, -0.05) is 43.1 Å². The smallest absolute Gasteiger partial charge is 0.254 e. The molecule has 0 atom stereocenters. The van der Waals surface area contributed by atoms with Gasteiger partial charge in [0.15, 0.2) is 0 Å². The number of nitrogens with zero attached hydrogens (tertiary/aromatic N) is 3. The molecule has 6 nitrogen and oxygen atoms in total. The molecule has 30 heavy (non-hydrogen) atoms. The highest BCUT2D eigenvalue weighted by atomic mass is 35.5. The van der Waals surface area contributed by atoms with Crippen molar-refractivity contribution in [1.82, 2.24) is 9.80 Å². The molecule has 2 aromatic carbocycles. The topological polar surface area (TPSA) is 76.4 Å². The van der Waals surface area contributed by atoms with E-state index in [1.165, 1.54) is 4.90 Å². The zero-order valence-corrected chi connectivity index (χ0v) is 18.5. The summed E-state index contributed by atoms with van der Waals surface area (Å²) in [5, 5.41) is 12.3. The van der Waals surface area contributed by atoms with Gasteiger partial charge in [0.2, 0.25) is 5.91 Å². The Hall–Kier alpha value is -2.59. The fourth-order valence-electron chi connectivity index (χ4n) is 2.89. The standard InChI is InChI=1S/C22H24Cl2N4O2/c1-3-27(4-2)12-13-28(22(30)17-10-8-16(14-25)9-11-17)15-20(29)26-21-18(23)6-5-7-19(21)24/h5-11H,3-4,12-13,15H2,1-2H3,(H,26,29). The molecule has 0 heterocycles. The maximum atomic E-state index is 13.0. The van der Waals surface area contributed by atoms with E-state index >= 15 is 0 Å². The molecule has 0 aromatic heterocycles. The fourth-order valence-corrected chi connectivity index (χ4v) is 3.39. The summed E-state index contributed by atoms with van der Waals surface area (Å²) in [6.07, 6.45) is 0. The number of anilines is 1. The predicted octanol–water partition coefficient (Wildman–Crippen LogP) is 4.29. The summed E-state index contributed by atoms with van der Waals surface area (Å²) in [5.41, 5.74) is 1.20. The maximum Gasteiger partial charge on any atom is 0.254 e. The number of likely N-dealkylation sites (N-methyl/N-ethyl adjacent to an activating group) is 1. The van der Waals surface area contributed by atoms with Gasteiger partial charge >= 0.3 is 0 Å². The summed E-state index contributed by atoms with van der Waals surface area (Å²) >= 11 is 12.2. The largest absolute Gasteiger partial charge is 0.328 e. The average Bonchev–Trinajstić information content (AvgIpc) is 2.75. The van der Waals surface area contributed by atoms with E-state index in [9.17, 15) is 9.59 Å². The van der Waals surface area contributed by atoms with E-state index in [1.54, 1.807) is 42.5 Å². The van der Waals surface area contributed by atoms with Crippen molar-refractivity contribution >= 4 is 40.7 Å². The van der Waals surface area contributed by atoms with Crippen molar-refractivity contribution in [3.05, 3.63) is 63.6 Å². The van der Waals surface area contributed by atoms with Gasteiger partial charge in [0.25, 0.3) is 5.91 Å². The van der Waals surface area contributed by atoms with Crippen LogP contribution in [0.25, 0.3) is 0 Å². The Balaban J connectivity index is 2.18. The van der Waals surface area contributed by atoms with Gasteiger partial charge in [-0.15, -0.1) is 0 Å². The van der Waals surface area contributed by atoms with Crippen molar-refractivity contribution in [3.8, 4) is 6.07 Å². The first kappa shape index (κ1) is 23.7. The van der Waals surface area contributed by atoms with E-state index in [-0.39, 0.29) is 12.5 Å². The lowest BCUT2D eigenvalue weighted by Gasteiger charge is -2.26. The van der Waals surface area contributed by atoms with Gasteiger partial charge in [-0.05, 0) is 49.5 Å². The Kier molecular flexibility index (Phi) is 9.13. The molecule has 0 bridgehead atoms. The third-order valence-electron chi connectivity index (χ3n) is 4.69. The van der Waals surface area contributed by atoms with Gasteiger partial charge in [-0.25, -0.2) is 0 Å². The van der Waals surface area contributed by atoms with Crippen LogP contribution in [0.2, 0.25) is 10.0 Å². The van der Waals surface area contributed by atoms with Gasteiger partial charge < -0.3 is 15.1 Å². The number of nitriles is 1. The molecule has 158 valence electrons. The third kappa shape index (κ3) is 6.46. The Morgan fingerprint density at radius 1 is 1.00 bits per heavy atom. The van der Waals surface area contributed by atoms with Crippen LogP contribution in [0.3, 0.4) is 0 Å². The first-order valence-electron chi connectivity index (χ1n) is 9.65. The minimum atomic E-state index is -0.397. The molecule has 0 aliphatic rings. The van der Waals surface area contributed by atoms with E-state index < -0.39 is 5.91 Å². The van der Waals surface area contributed by atoms with Crippen molar-refractivity contribution in [2.45, 2.75) is 13.8 Å². The van der Waals surface area contributed by atoms with Gasteiger partial charge in [0.05, 0.1) is 27.4 Å². The lowest BCUT2D eigenvalue weighted by Crippen LogP contribution is -2.42. The monoisotopic (exact) mass is 446 g/mol. The number of amides is 2. The van der Waals surface area contributed by atoms with Gasteiger partial charge in [-0.2, -0.15) is 5.26 Å². The van der Waals surface area contributed by atoms with Gasteiger partial charge in [0.1, 0.15) is 6.54 Å². The van der Waals surface area contributed by atoms with Crippen molar-refractivity contribution in [1.29, 1.82) is 5.26 Å². The normalized spacial score (nSPS) is 10.5. The molecule has 0 aliphatic carbocycles. The van der Waals surface area contributed by atoms with E-state index in [4.69, 9.17) is 28.5 Å². The molecule has 0 saturated carbocycles. The van der Waals surface area contributed by atoms with Crippen molar-refractivity contribution in [3.63, 3.8) is 0 Å². The predicted molar refractivity (Wildman–Crippen MR) is 120 cm³/mol. The number of hydrogen-bond acceptors (Lipinski definition) is 4. The number of halogens is 2. The van der Waals surface area contributed by atoms with Crippen LogP contribution in [0.5, 0.6) is 0 Å². The fraction of sp³-hybridized carbons (Fsp3) is 0.318. The number of para-hydroxylation sites is 1. The summed E-state index contributed by atoms with van der Waals surface area (Å²) in [5.74, 6) is -0.682. The molecule has 8 heteroatoms. The summed E-state index contributed by atoms with van der Waals surface area (Å²) in [7, 11) is 0. The number of nitrogens with one attached hydrogen (secondary N) is 1. The molecule has 2 aromatic rings. The molecule has 2 amide bonds. The zero-order valence-electron chi connectivity index (χ0n) is 17.0. The second kappa shape index (κ2) is 11.6. The van der Waals surface area contributed by atoms with E-state index in [2.05, 4.69) is 10.2 Å². The molecule has 0 saturated heterocycles. The summed E-state index contributed by atoms with van der Waals surface area (Å²) in [6, 6.07) is 13.3. The van der Waals surface area contributed by atoms with Crippen LogP contribution < -0.4 is 5.32 Å². The molecule has 0 fully saturated rings. The number of benzene rings is 2. The summed E-state index contributed by atoms with van der Waals surface area (Å²) in [4.78, 5) is 29.4. The summed E-state index contributed by atoms with van der Waals surface area (Å²) in [6.45, 7) is 6.64. The van der Waals surface area contributed by atoms with Crippen LogP contribution in [-0.4, -0.2) is 54.3 Å². The molecule has 0 radical (unpaired) electrons. The Bertz CT molecular complexity index is 901. The second-order valence-electron chi connectivity index (χ2n) is 6.59. The van der Waals surface area contributed by atoms with Crippen molar-refractivity contribution in [2.24, 2.45) is 0 Å². The van der Waals surface area contributed by atoms with E-state index in [0.717, 1.165) is 13.1 Å². The lowest BCUT2D eigenvalue weighted by molar-refractivity contribution is -0.116. The molecule has 0 aliphatic heterocycles. The van der Waals surface area contributed by atoms with Gasteiger partial charge in [-0.3, -0.25) is 9.59 Å². The van der Waals surface area contributed by atoms with Crippen LogP contribution in [-0.2, 0) is 4.79 Å². The minimum absolute atomic E-state index is 0.151. The molecule has 2 rings (SSSR count). The molecular weight excluding hydrogens is 423 g/mol. The lowest BCUT2D eigenvalue weighted by atomic mass is 10.1. The number of rotatable bonds is 9. The molecular formula is C22H24Cl2N4O2. The first-order chi connectivity index (χ1) is 14.4. The number of carbonyl (C=O) groups is 2. The van der Waals surface area contributed by atoms with E-state index in [0.29, 0.717) is 39.9 Å². The highest BCUT2D eigenvalue weighted by Gasteiger charge is 2.20. The van der Waals surface area contributed by atoms with Crippen LogP contribution in [0.15, 0.2) is 42.5 Å². The Morgan fingerprint density at radius 2 is 1.60 bits per heavy atom. The van der Waals surface area contributed by atoms with Crippen LogP contribution in [0.1, 0.15) is 29.8 Å². The van der Waals surface area contributed by atoms with Crippen LogP contribution in [0.4, 0.5) is 5.69 Å². The van der Waals surface area contributed by atoms with Gasteiger partial charge in [0, 0.05) is 18.7 Å². The minimum Gasteiger partial charge on any atom is -0.328 e. The zero-order chi connectivity index (χ0) is 22.1. The first-order valence-corrected chi connectivity index (χ1v) is 10.4. The highest BCUT2D eigenvalue weighted by Crippen LogP contribution is 2.29. The maximum absolute atomic E-state index is 13.0. The average molecular weight is 447 g/mol. The van der Waals surface area contributed by atoms with Crippen LogP contribution in [0, 0.1) is 11.3 Å². The molecule has 1 N–H and O–H groups in total. The Labute approximate surface area is 187 Å². The molecule has 0 unspecified atom stereocenters. The quantitative estimate of drug-likeness (QED) is 0.623. The molecule has 0 spiro atoms. The Morgan fingerprint density at radius 3 is 2.13 bits per heavy atom. The number of hydrogen-bond donors (Lipinski definition) is 1. The summed E-state index contributed by atoms with van der Waals surface area (Å²) < 4.78 is 0. The van der Waals surface area contributed by atoms with Crippen molar-refractivity contribution in [2.75, 3.05) is 38.0 Å².